The SMILES string of the molecule is c1ccc2c(c1)Nc1c(cccc1-c1ncc3ccccc3n1)S2. The Morgan fingerprint density at radius 1 is 0.792 bits per heavy atom. The second-order valence-electron chi connectivity index (χ2n) is 5.65. The van der Waals surface area contributed by atoms with Crippen LogP contribution in [0.1, 0.15) is 0 Å². The van der Waals surface area contributed by atoms with Crippen LogP contribution in [0.25, 0.3) is 22.3 Å². The van der Waals surface area contributed by atoms with Crippen LogP contribution in [0.15, 0.2) is 82.7 Å². The first-order valence-corrected chi connectivity index (χ1v) is 8.59. The van der Waals surface area contributed by atoms with Gasteiger partial charge in [-0.1, -0.05) is 48.2 Å². The van der Waals surface area contributed by atoms with Gasteiger partial charge in [-0.25, -0.2) is 9.97 Å². The Kier molecular flexibility index (Phi) is 3.03. The Balaban J connectivity index is 1.67. The fraction of sp³-hybridized carbons (Fsp3) is 0. The molecule has 114 valence electrons. The van der Waals surface area contributed by atoms with E-state index in [1.807, 2.05) is 36.5 Å². The zero-order valence-electron chi connectivity index (χ0n) is 12.7. The molecule has 0 aliphatic carbocycles. The molecule has 0 bridgehead atoms. The molecule has 0 unspecified atom stereocenters. The molecule has 0 atom stereocenters. The first kappa shape index (κ1) is 13.6. The molecule has 4 heteroatoms. The maximum Gasteiger partial charge on any atom is 0.161 e. The van der Waals surface area contributed by atoms with Crippen molar-refractivity contribution in [1.82, 2.24) is 9.97 Å². The molecule has 24 heavy (non-hydrogen) atoms. The van der Waals surface area contributed by atoms with Gasteiger partial charge in [-0.05, 0) is 30.3 Å². The second-order valence-corrected chi connectivity index (χ2v) is 6.74. The van der Waals surface area contributed by atoms with Gasteiger partial charge < -0.3 is 5.32 Å². The number of nitrogens with one attached hydrogen (secondary N) is 1. The number of rotatable bonds is 1. The predicted octanol–water partition coefficient (Wildman–Crippen LogP) is 5.51. The summed E-state index contributed by atoms with van der Waals surface area (Å²) in [6, 6.07) is 22.7. The van der Waals surface area contributed by atoms with Crippen LogP contribution in [0.3, 0.4) is 0 Å². The van der Waals surface area contributed by atoms with E-state index >= 15 is 0 Å². The predicted molar refractivity (Wildman–Crippen MR) is 98.8 cm³/mol. The van der Waals surface area contributed by atoms with Gasteiger partial charge >= 0.3 is 0 Å². The first-order chi connectivity index (χ1) is 11.9. The average molecular weight is 327 g/mol. The van der Waals surface area contributed by atoms with Crippen molar-refractivity contribution < 1.29 is 0 Å². The molecule has 3 aromatic carbocycles. The number of nitrogens with zero attached hydrogens (tertiary/aromatic N) is 2. The highest BCUT2D eigenvalue weighted by atomic mass is 32.2. The van der Waals surface area contributed by atoms with E-state index in [9.17, 15) is 0 Å². The molecular formula is C20H13N3S. The van der Waals surface area contributed by atoms with Crippen molar-refractivity contribution in [2.75, 3.05) is 5.32 Å². The lowest BCUT2D eigenvalue weighted by atomic mass is 10.1. The van der Waals surface area contributed by atoms with Crippen molar-refractivity contribution in [3.05, 3.63) is 72.9 Å². The largest absolute Gasteiger partial charge is 0.353 e. The summed E-state index contributed by atoms with van der Waals surface area (Å²) in [5.41, 5.74) is 4.20. The molecule has 0 spiro atoms. The number of para-hydroxylation sites is 3. The van der Waals surface area contributed by atoms with Gasteiger partial charge in [0.25, 0.3) is 0 Å². The van der Waals surface area contributed by atoms with Crippen molar-refractivity contribution in [3.8, 4) is 11.4 Å². The van der Waals surface area contributed by atoms with Crippen LogP contribution in [0, 0.1) is 0 Å². The number of benzene rings is 3. The van der Waals surface area contributed by atoms with Crippen LogP contribution >= 0.6 is 11.8 Å². The van der Waals surface area contributed by atoms with Crippen molar-refractivity contribution >= 4 is 34.0 Å². The van der Waals surface area contributed by atoms with Gasteiger partial charge in [0.15, 0.2) is 5.82 Å². The molecule has 3 nitrogen and oxygen atoms in total. The molecule has 1 aliphatic heterocycles. The van der Waals surface area contributed by atoms with E-state index in [0.717, 1.165) is 33.7 Å². The second kappa shape index (κ2) is 5.35. The lowest BCUT2D eigenvalue weighted by Gasteiger charge is -2.22. The van der Waals surface area contributed by atoms with Crippen molar-refractivity contribution in [2.45, 2.75) is 9.79 Å². The summed E-state index contributed by atoms with van der Waals surface area (Å²) in [7, 11) is 0. The third kappa shape index (κ3) is 2.15. The Morgan fingerprint density at radius 3 is 2.62 bits per heavy atom. The van der Waals surface area contributed by atoms with Gasteiger partial charge in [0, 0.05) is 26.9 Å². The summed E-state index contributed by atoms with van der Waals surface area (Å²) in [6.45, 7) is 0. The van der Waals surface area contributed by atoms with E-state index in [0.29, 0.717) is 0 Å². The van der Waals surface area contributed by atoms with E-state index in [4.69, 9.17) is 4.98 Å². The molecule has 5 rings (SSSR count). The number of anilines is 2. The van der Waals surface area contributed by atoms with Gasteiger partial charge in [0.1, 0.15) is 0 Å². The summed E-state index contributed by atoms with van der Waals surface area (Å²) in [5, 5.41) is 4.61. The highest BCUT2D eigenvalue weighted by Crippen LogP contribution is 2.47. The number of hydrogen-bond donors (Lipinski definition) is 1. The average Bonchev–Trinajstić information content (AvgIpc) is 2.65. The Hall–Kier alpha value is -2.85. The van der Waals surface area contributed by atoms with Gasteiger partial charge in [0.05, 0.1) is 16.9 Å². The Labute approximate surface area is 143 Å². The molecule has 0 amide bonds. The minimum absolute atomic E-state index is 0.748. The molecule has 0 radical (unpaired) electrons. The molecule has 0 saturated heterocycles. The zero-order chi connectivity index (χ0) is 15.9. The lowest BCUT2D eigenvalue weighted by molar-refractivity contribution is 1.21. The minimum atomic E-state index is 0.748. The van der Waals surface area contributed by atoms with E-state index in [1.54, 1.807) is 11.8 Å². The van der Waals surface area contributed by atoms with Gasteiger partial charge in [-0.3, -0.25) is 0 Å². The summed E-state index contributed by atoms with van der Waals surface area (Å²) in [5.74, 6) is 0.748. The van der Waals surface area contributed by atoms with E-state index < -0.39 is 0 Å². The number of hydrogen-bond acceptors (Lipinski definition) is 4. The van der Waals surface area contributed by atoms with Gasteiger partial charge in [-0.15, -0.1) is 0 Å². The number of fused-ring (bicyclic) bond motifs is 3. The van der Waals surface area contributed by atoms with Crippen molar-refractivity contribution in [1.29, 1.82) is 0 Å². The Bertz CT molecular complexity index is 1080. The molecule has 1 aromatic heterocycles. The maximum atomic E-state index is 4.75. The van der Waals surface area contributed by atoms with Crippen LogP contribution in [0.5, 0.6) is 0 Å². The van der Waals surface area contributed by atoms with Gasteiger partial charge in [-0.2, -0.15) is 0 Å². The molecule has 4 aromatic rings. The standard InChI is InChI=1S/C20H13N3S/c1-2-8-15-13(6-1)12-21-20(23-15)14-7-5-11-18-19(14)22-16-9-3-4-10-17(16)24-18/h1-12,22H. The monoisotopic (exact) mass is 327 g/mol. The summed E-state index contributed by atoms with van der Waals surface area (Å²) >= 11 is 1.78. The smallest absolute Gasteiger partial charge is 0.161 e. The third-order valence-electron chi connectivity index (χ3n) is 4.12. The highest BCUT2D eigenvalue weighted by Gasteiger charge is 2.19. The topological polar surface area (TPSA) is 37.8 Å². The first-order valence-electron chi connectivity index (χ1n) is 7.77. The molecular weight excluding hydrogens is 314 g/mol. The maximum absolute atomic E-state index is 4.75. The lowest BCUT2D eigenvalue weighted by Crippen LogP contribution is -2.02. The van der Waals surface area contributed by atoms with Crippen LogP contribution in [-0.2, 0) is 0 Å². The van der Waals surface area contributed by atoms with E-state index in [2.05, 4.69) is 46.7 Å². The summed E-state index contributed by atoms with van der Waals surface area (Å²) in [4.78, 5) is 11.8. The van der Waals surface area contributed by atoms with E-state index in [-0.39, 0.29) is 0 Å². The molecule has 1 N–H and O–H groups in total. The summed E-state index contributed by atoms with van der Waals surface area (Å²) in [6.07, 6.45) is 1.89. The van der Waals surface area contributed by atoms with E-state index in [1.165, 1.54) is 9.79 Å². The van der Waals surface area contributed by atoms with Crippen LogP contribution < -0.4 is 5.32 Å². The molecule has 1 aliphatic rings. The molecule has 0 saturated carbocycles. The van der Waals surface area contributed by atoms with Crippen LogP contribution in [0.2, 0.25) is 0 Å². The van der Waals surface area contributed by atoms with Crippen LogP contribution in [0.4, 0.5) is 11.4 Å². The van der Waals surface area contributed by atoms with Crippen LogP contribution in [-0.4, -0.2) is 9.97 Å². The summed E-state index contributed by atoms with van der Waals surface area (Å²) < 4.78 is 0. The van der Waals surface area contributed by atoms with Crippen molar-refractivity contribution in [2.24, 2.45) is 0 Å². The molecule has 0 fully saturated rings. The fourth-order valence-corrected chi connectivity index (χ4v) is 3.97. The third-order valence-corrected chi connectivity index (χ3v) is 5.26. The quantitative estimate of drug-likeness (QED) is 0.441. The normalized spacial score (nSPS) is 12.3. The fourth-order valence-electron chi connectivity index (χ4n) is 2.95. The molecule has 2 heterocycles. The Morgan fingerprint density at radius 2 is 1.62 bits per heavy atom. The zero-order valence-corrected chi connectivity index (χ0v) is 13.5. The minimum Gasteiger partial charge on any atom is -0.353 e. The van der Waals surface area contributed by atoms with Gasteiger partial charge in [0.2, 0.25) is 0 Å². The number of aromatic nitrogens is 2. The van der Waals surface area contributed by atoms with Crippen molar-refractivity contribution in [3.63, 3.8) is 0 Å². The highest BCUT2D eigenvalue weighted by molar-refractivity contribution is 7.99.